The molecule has 0 spiro atoms. The van der Waals surface area contributed by atoms with Crippen LogP contribution in [0.1, 0.15) is 17.9 Å². The van der Waals surface area contributed by atoms with E-state index in [0.29, 0.717) is 0 Å². The molecule has 1 aliphatic rings. The summed E-state index contributed by atoms with van der Waals surface area (Å²) < 4.78 is 45.7. The van der Waals surface area contributed by atoms with Crippen LogP contribution in [0, 0.1) is 23.4 Å². The molecule has 1 saturated carbocycles. The third-order valence-electron chi connectivity index (χ3n) is 4.33. The molecule has 0 saturated heterocycles. The third kappa shape index (κ3) is 4.39. The normalized spacial score (nSPS) is 19.2. The van der Waals surface area contributed by atoms with E-state index in [0.717, 1.165) is 24.3 Å². The van der Waals surface area contributed by atoms with Crippen molar-refractivity contribution in [3.8, 4) is 5.75 Å². The van der Waals surface area contributed by atoms with Crippen molar-refractivity contribution in [1.29, 1.82) is 0 Å². The zero-order valence-electron chi connectivity index (χ0n) is 14.0. The lowest BCUT2D eigenvalue weighted by atomic mass is 10.1. The van der Waals surface area contributed by atoms with Gasteiger partial charge in [-0.15, -0.1) is 0 Å². The van der Waals surface area contributed by atoms with Crippen molar-refractivity contribution >= 4 is 11.9 Å². The van der Waals surface area contributed by atoms with E-state index in [-0.39, 0.29) is 24.3 Å². The number of ether oxygens (including phenoxy) is 1. The molecule has 8 heteroatoms. The largest absolute Gasteiger partial charge is 0.478 e. The Labute approximate surface area is 152 Å². The van der Waals surface area contributed by atoms with Crippen molar-refractivity contribution in [3.05, 3.63) is 65.5 Å². The molecule has 3 atom stereocenters. The van der Waals surface area contributed by atoms with E-state index in [4.69, 9.17) is 4.74 Å². The van der Waals surface area contributed by atoms with Crippen LogP contribution in [0.2, 0.25) is 0 Å². The molecule has 27 heavy (non-hydrogen) atoms. The lowest BCUT2D eigenvalue weighted by molar-refractivity contribution is -0.145. The van der Waals surface area contributed by atoms with Gasteiger partial charge in [-0.05, 0) is 42.8 Å². The van der Waals surface area contributed by atoms with E-state index < -0.39 is 47.3 Å². The molecule has 1 fully saturated rings. The fourth-order valence-corrected chi connectivity index (χ4v) is 2.85. The van der Waals surface area contributed by atoms with E-state index >= 15 is 0 Å². The van der Waals surface area contributed by atoms with Crippen molar-refractivity contribution in [3.63, 3.8) is 0 Å². The lowest BCUT2D eigenvalue weighted by Gasteiger charge is -2.16. The molecule has 0 aliphatic heterocycles. The Morgan fingerprint density at radius 2 is 1.74 bits per heavy atom. The summed E-state index contributed by atoms with van der Waals surface area (Å²) in [6, 6.07) is 8.27. The minimum Gasteiger partial charge on any atom is -0.478 e. The molecule has 142 valence electrons. The average molecular weight is 379 g/mol. The second kappa shape index (κ2) is 7.69. The number of hydrogen-bond acceptors (Lipinski definition) is 3. The maximum atomic E-state index is 13.8. The summed E-state index contributed by atoms with van der Waals surface area (Å²) in [7, 11) is 0. The minimum absolute atomic E-state index is 0.130. The van der Waals surface area contributed by atoms with E-state index in [1.807, 2.05) is 0 Å². The highest BCUT2D eigenvalue weighted by Crippen LogP contribution is 2.49. The van der Waals surface area contributed by atoms with Gasteiger partial charge in [0.15, 0.2) is 0 Å². The van der Waals surface area contributed by atoms with E-state index in [1.165, 1.54) is 18.2 Å². The highest BCUT2D eigenvalue weighted by atomic mass is 19.1. The topological polar surface area (TPSA) is 75.6 Å². The molecule has 1 aliphatic carbocycles. The Hall–Kier alpha value is -3.03. The first-order valence-electron chi connectivity index (χ1n) is 8.23. The monoisotopic (exact) mass is 379 g/mol. The lowest BCUT2D eigenvalue weighted by Crippen LogP contribution is -2.41. The predicted molar refractivity (Wildman–Crippen MR) is 88.7 cm³/mol. The van der Waals surface area contributed by atoms with E-state index in [2.05, 4.69) is 5.32 Å². The Kier molecular flexibility index (Phi) is 5.34. The van der Waals surface area contributed by atoms with Crippen LogP contribution in [0.4, 0.5) is 13.2 Å². The molecule has 5 nitrogen and oxygen atoms in total. The number of halogens is 3. The van der Waals surface area contributed by atoms with Gasteiger partial charge in [-0.1, -0.05) is 6.07 Å². The fraction of sp³-hybridized carbons (Fsp3) is 0.263. The highest BCUT2D eigenvalue weighted by Gasteiger charge is 2.46. The molecule has 0 aromatic heterocycles. The SMILES string of the molecule is O=C(O)C(CNC(=O)C1CC1c1c(F)cccc1F)Oc1ccc(F)cc1. The number of hydrogen-bond donors (Lipinski definition) is 2. The second-order valence-electron chi connectivity index (χ2n) is 6.23. The van der Waals surface area contributed by atoms with Gasteiger partial charge in [-0.2, -0.15) is 0 Å². The van der Waals surface area contributed by atoms with Crippen LogP contribution < -0.4 is 10.1 Å². The Bertz CT molecular complexity index is 836. The van der Waals surface area contributed by atoms with Crippen molar-refractivity contribution in [2.45, 2.75) is 18.4 Å². The van der Waals surface area contributed by atoms with Crippen molar-refractivity contribution < 1.29 is 32.6 Å². The molecule has 1 amide bonds. The smallest absolute Gasteiger partial charge is 0.346 e. The molecule has 2 aromatic carbocycles. The molecular formula is C19H16F3NO4. The van der Waals surface area contributed by atoms with Crippen molar-refractivity contribution in [1.82, 2.24) is 5.32 Å². The van der Waals surface area contributed by atoms with Crippen LogP contribution in [-0.4, -0.2) is 29.6 Å². The first-order chi connectivity index (χ1) is 12.9. The summed E-state index contributed by atoms with van der Waals surface area (Å²) in [5, 5.41) is 11.6. The summed E-state index contributed by atoms with van der Waals surface area (Å²) in [4.78, 5) is 23.5. The molecule has 3 unspecified atom stereocenters. The van der Waals surface area contributed by atoms with Crippen LogP contribution in [0.25, 0.3) is 0 Å². The summed E-state index contributed by atoms with van der Waals surface area (Å²) in [5.74, 6) is -4.80. The maximum Gasteiger partial charge on any atom is 0.346 e. The van der Waals surface area contributed by atoms with Gasteiger partial charge in [0, 0.05) is 17.4 Å². The number of carbonyl (C=O) groups is 2. The summed E-state index contributed by atoms with van der Waals surface area (Å²) in [6.07, 6.45) is -1.11. The number of carboxylic acids is 1. The van der Waals surface area contributed by atoms with Gasteiger partial charge < -0.3 is 15.2 Å². The number of carboxylic acid groups (broad SMARTS) is 1. The third-order valence-corrected chi connectivity index (χ3v) is 4.33. The molecule has 0 heterocycles. The fourth-order valence-electron chi connectivity index (χ4n) is 2.85. The van der Waals surface area contributed by atoms with E-state index in [9.17, 15) is 27.9 Å². The Balaban J connectivity index is 1.57. The second-order valence-corrected chi connectivity index (χ2v) is 6.23. The first kappa shape index (κ1) is 18.8. The number of nitrogens with one attached hydrogen (secondary N) is 1. The standard InChI is InChI=1S/C19H16F3NO4/c20-10-4-6-11(7-5-10)27-16(19(25)26)9-23-18(24)13-8-12(13)17-14(21)2-1-3-15(17)22/h1-7,12-13,16H,8-9H2,(H,23,24)(H,25,26). The molecule has 0 bridgehead atoms. The summed E-state index contributed by atoms with van der Waals surface area (Å²) in [6.45, 7) is -0.339. The average Bonchev–Trinajstić information content (AvgIpc) is 3.40. The highest BCUT2D eigenvalue weighted by molar-refractivity contribution is 5.83. The molecule has 3 rings (SSSR count). The number of amides is 1. The summed E-state index contributed by atoms with van der Waals surface area (Å²) in [5.41, 5.74) is -0.130. The van der Waals surface area contributed by atoms with Crippen LogP contribution >= 0.6 is 0 Å². The number of aliphatic carboxylic acids is 1. The molecule has 0 radical (unpaired) electrons. The van der Waals surface area contributed by atoms with Gasteiger partial charge in [0.25, 0.3) is 0 Å². The molecular weight excluding hydrogens is 363 g/mol. The maximum absolute atomic E-state index is 13.8. The van der Waals surface area contributed by atoms with Gasteiger partial charge in [-0.25, -0.2) is 18.0 Å². The Morgan fingerprint density at radius 3 is 2.33 bits per heavy atom. The van der Waals surface area contributed by atoms with Gasteiger partial charge in [0.2, 0.25) is 12.0 Å². The van der Waals surface area contributed by atoms with Gasteiger partial charge in [-0.3, -0.25) is 4.79 Å². The number of carbonyl (C=O) groups excluding carboxylic acids is 1. The van der Waals surface area contributed by atoms with Crippen LogP contribution in [0.15, 0.2) is 42.5 Å². The van der Waals surface area contributed by atoms with Crippen molar-refractivity contribution in [2.75, 3.05) is 6.54 Å². The quantitative estimate of drug-likeness (QED) is 0.776. The van der Waals surface area contributed by atoms with Gasteiger partial charge >= 0.3 is 5.97 Å². The first-order valence-corrected chi connectivity index (χ1v) is 8.23. The Morgan fingerprint density at radius 1 is 1.11 bits per heavy atom. The van der Waals surface area contributed by atoms with Gasteiger partial charge in [0.05, 0.1) is 6.54 Å². The number of rotatable bonds is 7. The predicted octanol–water partition coefficient (Wildman–Crippen LogP) is 2.86. The summed E-state index contributed by atoms with van der Waals surface area (Å²) >= 11 is 0. The van der Waals surface area contributed by atoms with Crippen LogP contribution in [0.3, 0.4) is 0 Å². The van der Waals surface area contributed by atoms with Crippen molar-refractivity contribution in [2.24, 2.45) is 5.92 Å². The molecule has 2 N–H and O–H groups in total. The minimum atomic E-state index is -1.39. The molecule has 2 aromatic rings. The van der Waals surface area contributed by atoms with Crippen LogP contribution in [0.5, 0.6) is 5.75 Å². The van der Waals surface area contributed by atoms with E-state index in [1.54, 1.807) is 0 Å². The number of benzene rings is 2. The van der Waals surface area contributed by atoms with Crippen LogP contribution in [-0.2, 0) is 9.59 Å². The zero-order chi connectivity index (χ0) is 19.6. The van der Waals surface area contributed by atoms with Gasteiger partial charge in [0.1, 0.15) is 23.2 Å². The zero-order valence-corrected chi connectivity index (χ0v) is 14.0.